The normalized spacial score (nSPS) is 18.9. The topological polar surface area (TPSA) is 3.24 Å². The number of rotatable bonds is 10. The van der Waals surface area contributed by atoms with Crippen LogP contribution >= 0.6 is 0 Å². The maximum atomic E-state index is 2.50. The van der Waals surface area contributed by atoms with Crippen molar-refractivity contribution >= 4 is 17.1 Å². The molecule has 0 amide bonds. The van der Waals surface area contributed by atoms with Crippen LogP contribution in [0.4, 0.5) is 17.1 Å². The molecule has 2 bridgehead atoms. The Labute approximate surface area is 415 Å². The van der Waals surface area contributed by atoms with Gasteiger partial charge in [0.15, 0.2) is 0 Å². The van der Waals surface area contributed by atoms with Gasteiger partial charge in [0.1, 0.15) is 0 Å². The van der Waals surface area contributed by atoms with E-state index in [4.69, 9.17) is 0 Å². The van der Waals surface area contributed by atoms with Crippen molar-refractivity contribution in [3.8, 4) is 44.5 Å². The molecule has 0 aliphatic heterocycles. The summed E-state index contributed by atoms with van der Waals surface area (Å²) in [5.74, 6) is 3.28. The van der Waals surface area contributed by atoms with Crippen LogP contribution in [0.1, 0.15) is 109 Å². The Morgan fingerprint density at radius 2 is 0.943 bits per heavy atom. The molecule has 9 aromatic carbocycles. The van der Waals surface area contributed by atoms with Crippen LogP contribution in [-0.2, 0) is 5.41 Å². The number of benzene rings is 9. The maximum absolute atomic E-state index is 2.50. The zero-order valence-electron chi connectivity index (χ0n) is 40.4. The van der Waals surface area contributed by atoms with E-state index in [1.54, 1.807) is 0 Å². The van der Waals surface area contributed by atoms with E-state index < -0.39 is 5.41 Å². The van der Waals surface area contributed by atoms with E-state index in [1.807, 2.05) is 0 Å². The van der Waals surface area contributed by atoms with Gasteiger partial charge in [0, 0.05) is 17.1 Å². The second-order valence-electron chi connectivity index (χ2n) is 21.0. The molecule has 9 aromatic rings. The average Bonchev–Trinajstić information content (AvgIpc) is 4.16. The predicted molar refractivity (Wildman–Crippen MR) is 293 cm³/mol. The SMILES string of the molecule is Cc1cccc2c1-c1ccc(N(c3ccc(-c4ccc(C5CC6CCC5C6)cc4)cc3)c3ccc(-c4ccccc4-c4ccc(C5CCCCC5)cc4)cc3)cc1C2(c1ccccc1)c1ccccc1. The van der Waals surface area contributed by atoms with Gasteiger partial charge in [-0.25, -0.2) is 0 Å². The van der Waals surface area contributed by atoms with E-state index in [2.05, 4.69) is 230 Å². The van der Waals surface area contributed by atoms with Gasteiger partial charge in [-0.2, -0.15) is 0 Å². The largest absolute Gasteiger partial charge is 0.310 e. The van der Waals surface area contributed by atoms with Gasteiger partial charge in [-0.05, 0) is 183 Å². The summed E-state index contributed by atoms with van der Waals surface area (Å²) in [5, 5.41) is 0. The Hall–Kier alpha value is -7.22. The fourth-order valence-electron chi connectivity index (χ4n) is 13.8. The molecule has 342 valence electrons. The molecular formula is C69H61N. The monoisotopic (exact) mass is 903 g/mol. The molecule has 1 nitrogen and oxygen atoms in total. The quantitative estimate of drug-likeness (QED) is 0.132. The number of hydrogen-bond donors (Lipinski definition) is 0. The maximum Gasteiger partial charge on any atom is 0.0714 e. The molecule has 3 unspecified atom stereocenters. The zero-order chi connectivity index (χ0) is 46.6. The van der Waals surface area contributed by atoms with Gasteiger partial charge in [-0.15, -0.1) is 0 Å². The molecule has 0 saturated heterocycles. The third-order valence-corrected chi connectivity index (χ3v) is 17.2. The van der Waals surface area contributed by atoms with Crippen molar-refractivity contribution in [2.24, 2.45) is 11.8 Å². The van der Waals surface area contributed by atoms with E-state index in [9.17, 15) is 0 Å². The van der Waals surface area contributed by atoms with Crippen LogP contribution in [0.3, 0.4) is 0 Å². The highest BCUT2D eigenvalue weighted by atomic mass is 15.1. The van der Waals surface area contributed by atoms with Crippen LogP contribution in [0.15, 0.2) is 218 Å². The van der Waals surface area contributed by atoms with Gasteiger partial charge < -0.3 is 4.90 Å². The van der Waals surface area contributed by atoms with E-state index in [0.717, 1.165) is 34.8 Å². The van der Waals surface area contributed by atoms with Crippen molar-refractivity contribution < 1.29 is 0 Å². The molecular weight excluding hydrogens is 843 g/mol. The lowest BCUT2D eigenvalue weighted by Gasteiger charge is -2.35. The minimum absolute atomic E-state index is 0.503. The summed E-state index contributed by atoms with van der Waals surface area (Å²) >= 11 is 0. The molecule has 4 aliphatic carbocycles. The van der Waals surface area contributed by atoms with E-state index in [-0.39, 0.29) is 0 Å². The Bertz CT molecular complexity index is 3250. The molecule has 3 saturated carbocycles. The zero-order valence-corrected chi connectivity index (χ0v) is 40.4. The summed E-state index contributed by atoms with van der Waals surface area (Å²) in [6, 6.07) is 83.1. The molecule has 0 aromatic heterocycles. The molecule has 0 heterocycles. The minimum atomic E-state index is -0.503. The molecule has 0 spiro atoms. The second-order valence-corrected chi connectivity index (χ2v) is 21.0. The molecule has 70 heavy (non-hydrogen) atoms. The second kappa shape index (κ2) is 17.9. The third-order valence-electron chi connectivity index (χ3n) is 17.2. The fraction of sp³-hybridized carbons (Fsp3) is 0.217. The van der Waals surface area contributed by atoms with Crippen LogP contribution in [0, 0.1) is 18.8 Å². The van der Waals surface area contributed by atoms with Gasteiger partial charge in [0.25, 0.3) is 0 Å². The van der Waals surface area contributed by atoms with Crippen LogP contribution in [-0.4, -0.2) is 0 Å². The summed E-state index contributed by atoms with van der Waals surface area (Å²) in [6.45, 7) is 2.27. The summed E-state index contributed by atoms with van der Waals surface area (Å²) in [5.41, 5.74) is 22.6. The van der Waals surface area contributed by atoms with Crippen molar-refractivity contribution in [1.82, 2.24) is 0 Å². The smallest absolute Gasteiger partial charge is 0.0714 e. The van der Waals surface area contributed by atoms with Crippen LogP contribution < -0.4 is 4.90 Å². The number of fused-ring (bicyclic) bond motifs is 5. The molecule has 1 heteroatoms. The van der Waals surface area contributed by atoms with Gasteiger partial charge in [0.05, 0.1) is 5.41 Å². The Balaban J connectivity index is 0.915. The standard InChI is InChI=1S/C69H61N/c1-47-14-13-23-66-68(47)64-43-42-61(46-67(64)69(66,57-17-7-3-8-18-57)58-19-9-4-10-20-58)70(59-38-34-52(35-39-59)51-28-32-55(33-29-51)65-45-48-24-25-56(65)44-48)60-40-36-54(37-41-60)63-22-12-11-21-62(63)53-30-26-50(27-31-53)49-15-5-2-6-16-49/h3-4,7-14,17-23,26-43,46,48-49,56,65H,2,5-6,15-16,24-25,44-45H2,1H3. The summed E-state index contributed by atoms with van der Waals surface area (Å²) in [6.07, 6.45) is 12.4. The highest BCUT2D eigenvalue weighted by Gasteiger charge is 2.47. The first kappa shape index (κ1) is 42.8. The van der Waals surface area contributed by atoms with E-state index in [1.165, 1.54) is 141 Å². The molecule has 3 fully saturated rings. The van der Waals surface area contributed by atoms with E-state index >= 15 is 0 Å². The summed E-state index contributed by atoms with van der Waals surface area (Å²) in [4.78, 5) is 2.47. The van der Waals surface area contributed by atoms with Crippen molar-refractivity contribution in [3.63, 3.8) is 0 Å². The van der Waals surface area contributed by atoms with Gasteiger partial charge in [-0.3, -0.25) is 0 Å². The Kier molecular flexibility index (Phi) is 11.0. The van der Waals surface area contributed by atoms with Crippen molar-refractivity contribution in [2.75, 3.05) is 4.90 Å². The number of hydrogen-bond acceptors (Lipinski definition) is 1. The lowest BCUT2D eigenvalue weighted by atomic mass is 9.67. The Morgan fingerprint density at radius 3 is 1.53 bits per heavy atom. The fourth-order valence-corrected chi connectivity index (χ4v) is 13.8. The molecule has 3 atom stereocenters. The lowest BCUT2D eigenvalue weighted by Crippen LogP contribution is -2.28. The molecule has 13 rings (SSSR count). The summed E-state index contributed by atoms with van der Waals surface area (Å²) in [7, 11) is 0. The van der Waals surface area contributed by atoms with Crippen molar-refractivity contribution in [1.29, 1.82) is 0 Å². The van der Waals surface area contributed by atoms with Crippen LogP contribution in [0.5, 0.6) is 0 Å². The molecule has 0 radical (unpaired) electrons. The first-order chi connectivity index (χ1) is 34.6. The first-order valence-corrected chi connectivity index (χ1v) is 26.3. The van der Waals surface area contributed by atoms with Gasteiger partial charge in [0.2, 0.25) is 0 Å². The molecule has 4 aliphatic rings. The third kappa shape index (κ3) is 7.36. The summed E-state index contributed by atoms with van der Waals surface area (Å²) < 4.78 is 0. The molecule has 0 N–H and O–H groups in total. The number of anilines is 3. The highest BCUT2D eigenvalue weighted by molar-refractivity contribution is 5.91. The minimum Gasteiger partial charge on any atom is -0.310 e. The van der Waals surface area contributed by atoms with Crippen molar-refractivity contribution in [3.05, 3.63) is 257 Å². The predicted octanol–water partition coefficient (Wildman–Crippen LogP) is 18.8. The number of nitrogens with zero attached hydrogens (tertiary/aromatic N) is 1. The lowest BCUT2D eigenvalue weighted by molar-refractivity contribution is 0.420. The van der Waals surface area contributed by atoms with E-state index in [0.29, 0.717) is 5.92 Å². The van der Waals surface area contributed by atoms with Gasteiger partial charge in [-0.1, -0.05) is 208 Å². The van der Waals surface area contributed by atoms with Gasteiger partial charge >= 0.3 is 0 Å². The first-order valence-electron chi connectivity index (χ1n) is 26.3. The highest BCUT2D eigenvalue weighted by Crippen LogP contribution is 2.58. The number of aryl methyl sites for hydroxylation is 1. The van der Waals surface area contributed by atoms with Crippen LogP contribution in [0.2, 0.25) is 0 Å². The van der Waals surface area contributed by atoms with Crippen LogP contribution in [0.25, 0.3) is 44.5 Å². The Morgan fingerprint density at radius 1 is 0.400 bits per heavy atom. The average molecular weight is 904 g/mol. The van der Waals surface area contributed by atoms with Crippen molar-refractivity contribution in [2.45, 2.75) is 82.0 Å².